The number of halogens is 1. The van der Waals surface area contributed by atoms with Crippen LogP contribution in [0.1, 0.15) is 38.2 Å². The molecule has 90 valence electrons. The van der Waals surface area contributed by atoms with Crippen LogP contribution in [0.5, 0.6) is 0 Å². The third-order valence-electron chi connectivity index (χ3n) is 2.17. The molecule has 0 atom stereocenters. The molecule has 0 spiro atoms. The van der Waals surface area contributed by atoms with E-state index in [1.165, 1.54) is 0 Å². The van der Waals surface area contributed by atoms with Gasteiger partial charge in [-0.2, -0.15) is 0 Å². The van der Waals surface area contributed by atoms with Crippen molar-refractivity contribution in [1.82, 2.24) is 9.97 Å². The van der Waals surface area contributed by atoms with E-state index in [2.05, 4.69) is 9.97 Å². The van der Waals surface area contributed by atoms with Crippen molar-refractivity contribution in [2.75, 3.05) is 13.2 Å². The number of aromatic nitrogens is 2. The third kappa shape index (κ3) is 3.55. The highest BCUT2D eigenvalue weighted by Gasteiger charge is 2.11. The van der Waals surface area contributed by atoms with E-state index in [0.717, 1.165) is 5.69 Å². The molecular weight excluding hydrogens is 319 g/mol. The fourth-order valence-corrected chi connectivity index (χ4v) is 2.22. The lowest BCUT2D eigenvalue weighted by Crippen LogP contribution is -2.19. The zero-order valence-corrected chi connectivity index (χ0v) is 12.0. The number of rotatable bonds is 5. The topological polar surface area (TPSA) is 55.0 Å². The molecule has 0 aliphatic heterocycles. The van der Waals surface area contributed by atoms with E-state index < -0.39 is 0 Å². The highest BCUT2D eigenvalue weighted by molar-refractivity contribution is 14.1. The first-order chi connectivity index (χ1) is 7.56. The van der Waals surface area contributed by atoms with Gasteiger partial charge in [0.05, 0.1) is 15.9 Å². The summed E-state index contributed by atoms with van der Waals surface area (Å²) in [6.07, 6.45) is 0.653. The smallest absolute Gasteiger partial charge is 0.264 e. The lowest BCUT2D eigenvalue weighted by Gasteiger charge is -2.09. The molecule has 4 nitrogen and oxygen atoms in total. The zero-order chi connectivity index (χ0) is 12.1. The fourth-order valence-electron chi connectivity index (χ4n) is 1.34. The van der Waals surface area contributed by atoms with Crippen LogP contribution in [0.25, 0.3) is 0 Å². The molecule has 1 aromatic rings. The number of aromatic amines is 1. The van der Waals surface area contributed by atoms with E-state index in [1.54, 1.807) is 0 Å². The summed E-state index contributed by atoms with van der Waals surface area (Å²) in [5.74, 6) is 0.975. The van der Waals surface area contributed by atoms with Gasteiger partial charge >= 0.3 is 0 Å². The number of hydrogen-bond acceptors (Lipinski definition) is 3. The van der Waals surface area contributed by atoms with E-state index in [4.69, 9.17) is 4.74 Å². The summed E-state index contributed by atoms with van der Waals surface area (Å²) in [7, 11) is 0. The Bertz CT molecular complexity index is 401. The zero-order valence-electron chi connectivity index (χ0n) is 9.84. The Morgan fingerprint density at radius 3 is 2.75 bits per heavy atom. The molecular formula is C11H17IN2O2. The van der Waals surface area contributed by atoms with Crippen molar-refractivity contribution in [1.29, 1.82) is 0 Å². The lowest BCUT2D eigenvalue weighted by atomic mass is 10.1. The van der Waals surface area contributed by atoms with Crippen molar-refractivity contribution in [2.45, 2.75) is 33.1 Å². The standard InChI is InChI=1S/C11H17IN2O2/c1-4-16-6-5-8-13-10(7(2)3)9(12)11(15)14-8/h7H,4-6H2,1-3H3,(H,13,14,15). The maximum atomic E-state index is 11.7. The Balaban J connectivity index is 2.91. The van der Waals surface area contributed by atoms with Gasteiger partial charge < -0.3 is 9.72 Å². The van der Waals surface area contributed by atoms with Gasteiger partial charge in [-0.05, 0) is 35.4 Å². The predicted octanol–water partition coefficient (Wildman–Crippen LogP) is 2.08. The second-order valence-corrected chi connectivity index (χ2v) is 4.89. The molecule has 0 aliphatic rings. The summed E-state index contributed by atoms with van der Waals surface area (Å²) in [6, 6.07) is 0. The highest BCUT2D eigenvalue weighted by Crippen LogP contribution is 2.15. The van der Waals surface area contributed by atoms with Crippen LogP contribution in [-0.4, -0.2) is 23.2 Å². The SMILES string of the molecule is CCOCCc1nc(C(C)C)c(I)c(=O)[nH]1. The quantitative estimate of drug-likeness (QED) is 0.662. The van der Waals surface area contributed by atoms with Crippen LogP contribution >= 0.6 is 22.6 Å². The van der Waals surface area contributed by atoms with Gasteiger partial charge in [0.15, 0.2) is 0 Å². The minimum atomic E-state index is -0.0502. The van der Waals surface area contributed by atoms with E-state index in [9.17, 15) is 4.79 Å². The van der Waals surface area contributed by atoms with E-state index >= 15 is 0 Å². The summed E-state index contributed by atoms with van der Waals surface area (Å²) in [4.78, 5) is 18.9. The van der Waals surface area contributed by atoms with Crippen LogP contribution in [0, 0.1) is 3.57 Å². The van der Waals surface area contributed by atoms with Gasteiger partial charge in [-0.1, -0.05) is 13.8 Å². The summed E-state index contributed by atoms with van der Waals surface area (Å²) in [6.45, 7) is 7.30. The van der Waals surface area contributed by atoms with Gasteiger partial charge in [-0.25, -0.2) is 4.98 Å². The highest BCUT2D eigenvalue weighted by atomic mass is 127. The Hall–Kier alpha value is -0.430. The van der Waals surface area contributed by atoms with Crippen LogP contribution < -0.4 is 5.56 Å². The largest absolute Gasteiger partial charge is 0.381 e. The maximum Gasteiger partial charge on any atom is 0.264 e. The molecule has 1 aromatic heterocycles. The summed E-state index contributed by atoms with van der Waals surface area (Å²) in [5, 5.41) is 0. The molecule has 1 N–H and O–H groups in total. The van der Waals surface area contributed by atoms with E-state index in [-0.39, 0.29) is 11.5 Å². The lowest BCUT2D eigenvalue weighted by molar-refractivity contribution is 0.149. The molecule has 0 aliphatic carbocycles. The fraction of sp³-hybridized carbons (Fsp3) is 0.636. The second kappa shape index (κ2) is 6.34. The van der Waals surface area contributed by atoms with Gasteiger partial charge in [0, 0.05) is 13.0 Å². The Labute approximate surface area is 109 Å². The Morgan fingerprint density at radius 2 is 2.19 bits per heavy atom. The molecule has 0 saturated heterocycles. The number of nitrogens with one attached hydrogen (secondary N) is 1. The molecule has 5 heteroatoms. The second-order valence-electron chi connectivity index (χ2n) is 3.81. The number of ether oxygens (including phenoxy) is 1. The third-order valence-corrected chi connectivity index (χ3v) is 3.21. The molecule has 16 heavy (non-hydrogen) atoms. The number of nitrogens with zero attached hydrogens (tertiary/aromatic N) is 1. The predicted molar refractivity (Wildman–Crippen MR) is 71.9 cm³/mol. The van der Waals surface area contributed by atoms with Crippen LogP contribution in [0.3, 0.4) is 0 Å². The molecule has 0 saturated carbocycles. The van der Waals surface area contributed by atoms with Gasteiger partial charge in [-0.15, -0.1) is 0 Å². The molecule has 0 amide bonds. The molecule has 1 rings (SSSR count). The molecule has 0 fully saturated rings. The van der Waals surface area contributed by atoms with Crippen molar-refractivity contribution in [3.05, 3.63) is 25.4 Å². The van der Waals surface area contributed by atoms with E-state index in [1.807, 2.05) is 43.4 Å². The first-order valence-electron chi connectivity index (χ1n) is 5.42. The monoisotopic (exact) mass is 336 g/mol. The summed E-state index contributed by atoms with van der Waals surface area (Å²) in [5.41, 5.74) is 0.821. The summed E-state index contributed by atoms with van der Waals surface area (Å²) < 4.78 is 5.93. The average Bonchev–Trinajstić information content (AvgIpc) is 2.23. The first-order valence-corrected chi connectivity index (χ1v) is 6.50. The van der Waals surface area contributed by atoms with Crippen LogP contribution in [0.2, 0.25) is 0 Å². The molecule has 1 heterocycles. The van der Waals surface area contributed by atoms with Crippen LogP contribution in [-0.2, 0) is 11.2 Å². The first kappa shape index (κ1) is 13.6. The Morgan fingerprint density at radius 1 is 1.50 bits per heavy atom. The summed E-state index contributed by atoms with van der Waals surface area (Å²) >= 11 is 2.04. The van der Waals surface area contributed by atoms with Crippen LogP contribution in [0.4, 0.5) is 0 Å². The molecule has 0 bridgehead atoms. The maximum absolute atomic E-state index is 11.7. The van der Waals surface area contributed by atoms with Crippen molar-refractivity contribution >= 4 is 22.6 Å². The normalized spacial score (nSPS) is 11.1. The molecule has 0 radical (unpaired) electrons. The van der Waals surface area contributed by atoms with Gasteiger partial charge in [0.2, 0.25) is 0 Å². The molecule has 0 aromatic carbocycles. The minimum Gasteiger partial charge on any atom is -0.381 e. The number of hydrogen-bond donors (Lipinski definition) is 1. The minimum absolute atomic E-state index is 0.0502. The van der Waals surface area contributed by atoms with Crippen molar-refractivity contribution in [3.8, 4) is 0 Å². The van der Waals surface area contributed by atoms with Crippen molar-refractivity contribution < 1.29 is 4.74 Å². The molecule has 0 unspecified atom stereocenters. The van der Waals surface area contributed by atoms with Gasteiger partial charge in [0.25, 0.3) is 5.56 Å². The van der Waals surface area contributed by atoms with Crippen molar-refractivity contribution in [2.24, 2.45) is 0 Å². The average molecular weight is 336 g/mol. The number of H-pyrrole nitrogens is 1. The Kier molecular flexibility index (Phi) is 5.40. The van der Waals surface area contributed by atoms with Crippen molar-refractivity contribution in [3.63, 3.8) is 0 Å². The van der Waals surface area contributed by atoms with Gasteiger partial charge in [-0.3, -0.25) is 4.79 Å². The van der Waals surface area contributed by atoms with Gasteiger partial charge in [0.1, 0.15) is 5.82 Å². The van der Waals surface area contributed by atoms with Crippen LogP contribution in [0.15, 0.2) is 4.79 Å². The van der Waals surface area contributed by atoms with E-state index in [0.29, 0.717) is 29.0 Å².